The number of H-pyrrole nitrogens is 1. The van der Waals surface area contributed by atoms with Crippen molar-refractivity contribution in [2.45, 2.75) is 18.9 Å². The maximum Gasteiger partial charge on any atom is 0.407 e. The van der Waals surface area contributed by atoms with Crippen LogP contribution in [-0.2, 0) is 0 Å². The lowest BCUT2D eigenvalue weighted by Crippen LogP contribution is -2.43. The van der Waals surface area contributed by atoms with Crippen LogP contribution in [-0.4, -0.2) is 40.3 Å². The molecule has 0 bridgehead atoms. The largest absolute Gasteiger partial charge is 0.489 e. The number of nitrogens with zero attached hydrogens (tertiary/aromatic N) is 1. The molecule has 1 atom stereocenters. The fourth-order valence-corrected chi connectivity index (χ4v) is 3.12. The fraction of sp³-hybridized carbons (Fsp3) is 0.333. The molecule has 2 aromatic rings. The quantitative estimate of drug-likeness (QED) is 0.855. The lowest BCUT2D eigenvalue weighted by molar-refractivity contribution is 0.0792. The number of aromatic nitrogens is 1. The Morgan fingerprint density at radius 3 is 3.00 bits per heavy atom. The minimum Gasteiger partial charge on any atom is -0.489 e. The van der Waals surface area contributed by atoms with Crippen LogP contribution in [0.1, 0.15) is 12.8 Å². The Balaban J connectivity index is 1.84. The number of halogens is 1. The molecule has 1 saturated heterocycles. The molecule has 1 aromatic carbocycles. The summed E-state index contributed by atoms with van der Waals surface area (Å²) in [7, 11) is 0. The van der Waals surface area contributed by atoms with Crippen LogP contribution in [0, 0.1) is 0 Å². The Morgan fingerprint density at radius 2 is 2.23 bits per heavy atom. The highest BCUT2D eigenvalue weighted by molar-refractivity contribution is 9.10. The number of pyridine rings is 1. The van der Waals surface area contributed by atoms with Gasteiger partial charge in [0.05, 0.1) is 6.54 Å². The molecular formula is C15H15BrN2O4. The number of carboxylic acid groups (broad SMARTS) is 1. The van der Waals surface area contributed by atoms with Crippen molar-refractivity contribution < 1.29 is 14.6 Å². The van der Waals surface area contributed by atoms with E-state index in [1.54, 1.807) is 24.4 Å². The number of fused-ring (bicyclic) bond motifs is 1. The summed E-state index contributed by atoms with van der Waals surface area (Å²) >= 11 is 3.41. The predicted molar refractivity (Wildman–Crippen MR) is 85.5 cm³/mol. The predicted octanol–water partition coefficient (Wildman–Crippen LogP) is 2.81. The molecule has 1 fully saturated rings. The van der Waals surface area contributed by atoms with E-state index in [1.165, 1.54) is 4.90 Å². The van der Waals surface area contributed by atoms with Crippen molar-refractivity contribution in [3.63, 3.8) is 0 Å². The monoisotopic (exact) mass is 366 g/mol. The molecule has 3 rings (SSSR count). The van der Waals surface area contributed by atoms with Gasteiger partial charge in [0.25, 0.3) is 5.56 Å². The van der Waals surface area contributed by atoms with Crippen LogP contribution in [0.15, 0.2) is 33.7 Å². The van der Waals surface area contributed by atoms with Gasteiger partial charge >= 0.3 is 6.09 Å². The summed E-state index contributed by atoms with van der Waals surface area (Å²) in [6, 6.07) is 5.25. The molecule has 22 heavy (non-hydrogen) atoms. The normalized spacial score (nSPS) is 18.4. The number of benzene rings is 1. The number of likely N-dealkylation sites (tertiary alicyclic amines) is 1. The summed E-state index contributed by atoms with van der Waals surface area (Å²) < 4.78 is 6.68. The molecule has 7 heteroatoms. The number of hydrogen-bond acceptors (Lipinski definition) is 3. The number of ether oxygens (including phenoxy) is 1. The minimum atomic E-state index is -0.916. The second-order valence-electron chi connectivity index (χ2n) is 5.28. The second-order valence-corrected chi connectivity index (χ2v) is 6.14. The number of hydrogen-bond donors (Lipinski definition) is 2. The molecule has 0 saturated carbocycles. The van der Waals surface area contributed by atoms with Gasteiger partial charge in [0, 0.05) is 28.0 Å². The topological polar surface area (TPSA) is 82.6 Å². The number of piperidine rings is 1. The molecule has 0 spiro atoms. The van der Waals surface area contributed by atoms with Crippen molar-refractivity contribution >= 4 is 32.8 Å². The van der Waals surface area contributed by atoms with E-state index in [-0.39, 0.29) is 11.7 Å². The fourth-order valence-electron chi connectivity index (χ4n) is 2.68. The van der Waals surface area contributed by atoms with Gasteiger partial charge in [0.15, 0.2) is 0 Å². The number of aromatic amines is 1. The number of amides is 1. The third-order valence-corrected chi connectivity index (χ3v) is 4.43. The number of rotatable bonds is 2. The van der Waals surface area contributed by atoms with E-state index in [0.29, 0.717) is 24.2 Å². The van der Waals surface area contributed by atoms with Gasteiger partial charge in [-0.1, -0.05) is 0 Å². The van der Waals surface area contributed by atoms with E-state index in [9.17, 15) is 9.59 Å². The van der Waals surface area contributed by atoms with Crippen molar-refractivity contribution in [2.24, 2.45) is 0 Å². The van der Waals surface area contributed by atoms with Gasteiger partial charge in [-0.3, -0.25) is 4.79 Å². The SMILES string of the molecule is O=C(O)N1CCC[C@H](Oc2ccc3c(=O)[nH]cc(Br)c3c2)C1. The molecule has 2 N–H and O–H groups in total. The first-order valence-corrected chi connectivity index (χ1v) is 7.79. The molecule has 0 aliphatic carbocycles. The molecule has 0 radical (unpaired) electrons. The van der Waals surface area contributed by atoms with E-state index in [4.69, 9.17) is 9.84 Å². The van der Waals surface area contributed by atoms with Crippen LogP contribution >= 0.6 is 15.9 Å². The molecule has 1 aliphatic heterocycles. The van der Waals surface area contributed by atoms with Crippen molar-refractivity contribution in [1.82, 2.24) is 9.88 Å². The van der Waals surface area contributed by atoms with Gasteiger partial charge in [-0.2, -0.15) is 0 Å². The van der Waals surface area contributed by atoms with Crippen LogP contribution in [0.3, 0.4) is 0 Å². The average molecular weight is 367 g/mol. The molecule has 2 heterocycles. The molecule has 1 amide bonds. The Hall–Kier alpha value is -2.02. The summed E-state index contributed by atoms with van der Waals surface area (Å²) in [6.07, 6.45) is 2.12. The van der Waals surface area contributed by atoms with Gasteiger partial charge in [0.2, 0.25) is 0 Å². The first-order valence-electron chi connectivity index (χ1n) is 7.00. The van der Waals surface area contributed by atoms with Crippen LogP contribution in [0.2, 0.25) is 0 Å². The van der Waals surface area contributed by atoms with Crippen molar-refractivity contribution in [1.29, 1.82) is 0 Å². The minimum absolute atomic E-state index is 0.153. The van der Waals surface area contributed by atoms with Crippen molar-refractivity contribution in [3.8, 4) is 5.75 Å². The molecule has 1 aliphatic rings. The highest BCUT2D eigenvalue weighted by Crippen LogP contribution is 2.26. The van der Waals surface area contributed by atoms with Crippen LogP contribution in [0.5, 0.6) is 5.75 Å². The highest BCUT2D eigenvalue weighted by atomic mass is 79.9. The highest BCUT2D eigenvalue weighted by Gasteiger charge is 2.24. The summed E-state index contributed by atoms with van der Waals surface area (Å²) in [5.74, 6) is 0.635. The van der Waals surface area contributed by atoms with E-state index in [2.05, 4.69) is 20.9 Å². The first kappa shape index (κ1) is 14.9. The summed E-state index contributed by atoms with van der Waals surface area (Å²) in [4.78, 5) is 26.8. The van der Waals surface area contributed by atoms with E-state index >= 15 is 0 Å². The zero-order valence-electron chi connectivity index (χ0n) is 11.7. The smallest absolute Gasteiger partial charge is 0.407 e. The maximum absolute atomic E-state index is 11.8. The van der Waals surface area contributed by atoms with Gasteiger partial charge in [-0.05, 0) is 47.0 Å². The average Bonchev–Trinajstić information content (AvgIpc) is 2.51. The van der Waals surface area contributed by atoms with E-state index < -0.39 is 6.09 Å². The standard InChI is InChI=1S/C15H15BrN2O4/c16-13-7-17-14(19)11-4-3-9(6-12(11)13)22-10-2-1-5-18(8-10)15(20)21/h3-4,6-7,10H,1-2,5,8H2,(H,17,19)(H,20,21)/t10-/m0/s1. The molecular weight excluding hydrogens is 352 g/mol. The maximum atomic E-state index is 11.8. The lowest BCUT2D eigenvalue weighted by Gasteiger charge is -2.31. The van der Waals surface area contributed by atoms with Crippen molar-refractivity contribution in [2.75, 3.05) is 13.1 Å². The zero-order valence-corrected chi connectivity index (χ0v) is 13.3. The van der Waals surface area contributed by atoms with E-state index in [0.717, 1.165) is 22.7 Å². The van der Waals surface area contributed by atoms with Crippen LogP contribution in [0.4, 0.5) is 4.79 Å². The Kier molecular flexibility index (Phi) is 4.06. The molecule has 1 aromatic heterocycles. The zero-order chi connectivity index (χ0) is 15.7. The van der Waals surface area contributed by atoms with Gasteiger partial charge in [-0.15, -0.1) is 0 Å². The molecule has 116 valence electrons. The van der Waals surface area contributed by atoms with Crippen molar-refractivity contribution in [3.05, 3.63) is 39.2 Å². The lowest BCUT2D eigenvalue weighted by atomic mass is 10.1. The Morgan fingerprint density at radius 1 is 1.41 bits per heavy atom. The van der Waals surface area contributed by atoms with Gasteiger partial charge in [0.1, 0.15) is 11.9 Å². The molecule has 0 unspecified atom stereocenters. The number of carbonyl (C=O) groups is 1. The third kappa shape index (κ3) is 2.94. The van der Waals surface area contributed by atoms with E-state index in [1.807, 2.05) is 0 Å². The summed E-state index contributed by atoms with van der Waals surface area (Å²) in [5, 5.41) is 10.4. The van der Waals surface area contributed by atoms with Gasteiger partial charge in [-0.25, -0.2) is 4.79 Å². The summed E-state index contributed by atoms with van der Waals surface area (Å²) in [5.41, 5.74) is -0.153. The van der Waals surface area contributed by atoms with Gasteiger partial charge < -0.3 is 19.7 Å². The Bertz CT molecular complexity index is 774. The third-order valence-electron chi connectivity index (χ3n) is 3.77. The summed E-state index contributed by atoms with van der Waals surface area (Å²) in [6.45, 7) is 0.914. The molecule has 6 nitrogen and oxygen atoms in total. The first-order chi connectivity index (χ1) is 10.5. The number of nitrogens with one attached hydrogen (secondary N) is 1. The Labute approximate surface area is 134 Å². The second kappa shape index (κ2) is 6.00. The van der Waals surface area contributed by atoms with Crippen LogP contribution in [0.25, 0.3) is 10.8 Å². The van der Waals surface area contributed by atoms with Crippen LogP contribution < -0.4 is 10.3 Å².